The highest BCUT2D eigenvalue weighted by Gasteiger charge is 2.15. The minimum Gasteiger partial charge on any atom is -0.508 e. The summed E-state index contributed by atoms with van der Waals surface area (Å²) in [7, 11) is 0. The van der Waals surface area contributed by atoms with Gasteiger partial charge in [0.25, 0.3) is 0 Å². The summed E-state index contributed by atoms with van der Waals surface area (Å²) in [5.74, 6) is 0.340. The van der Waals surface area contributed by atoms with Crippen molar-refractivity contribution in [2.75, 3.05) is 5.88 Å². The van der Waals surface area contributed by atoms with Crippen LogP contribution in [0.3, 0.4) is 0 Å². The Morgan fingerprint density at radius 2 is 1.45 bits per heavy atom. The molecule has 0 unspecified atom stereocenters. The number of benzene rings is 3. The number of allylic oxidation sites excluding steroid dienone is 1. The van der Waals surface area contributed by atoms with Gasteiger partial charge in [-0.05, 0) is 78.8 Å². The van der Waals surface area contributed by atoms with Crippen molar-refractivity contribution in [3.63, 3.8) is 0 Å². The molecule has 4 heteroatoms. The van der Waals surface area contributed by atoms with Gasteiger partial charge in [0.05, 0.1) is 0 Å². The molecule has 0 saturated heterocycles. The predicted octanol–water partition coefficient (Wildman–Crippen LogP) is 7.34. The molecule has 0 radical (unpaired) electrons. The fourth-order valence-corrected chi connectivity index (χ4v) is 3.74. The van der Waals surface area contributed by atoms with Gasteiger partial charge in [-0.3, -0.25) is 0 Å². The number of ether oxygens (including phenoxy) is 1. The van der Waals surface area contributed by atoms with E-state index in [1.165, 1.54) is 6.08 Å². The molecule has 0 heterocycles. The first kappa shape index (κ1) is 24.3. The van der Waals surface area contributed by atoms with Gasteiger partial charge in [-0.2, -0.15) is 0 Å². The number of carbonyl (C=O) groups excluding carboxylic acids is 1. The van der Waals surface area contributed by atoms with Gasteiger partial charge in [-0.15, -0.1) is 11.6 Å². The van der Waals surface area contributed by atoms with E-state index in [9.17, 15) is 9.90 Å². The standard InChI is InChI=1S/C29H29ClO3/c1-29(2,3)33-27(32)18-11-21-9-12-23(13-10-21)28(24-14-16-25(31)17-15-24)26(19-20-30)22-7-5-4-6-8-22/h4-18,31H,19-20H2,1-3H3/b18-11+,28-26+. The van der Waals surface area contributed by atoms with Crippen molar-refractivity contribution >= 4 is 34.8 Å². The number of rotatable bonds is 7. The summed E-state index contributed by atoms with van der Waals surface area (Å²) in [5.41, 5.74) is 5.69. The van der Waals surface area contributed by atoms with E-state index >= 15 is 0 Å². The number of hydrogen-bond donors (Lipinski definition) is 1. The van der Waals surface area contributed by atoms with Gasteiger partial charge in [0.15, 0.2) is 0 Å². The number of alkyl halides is 1. The summed E-state index contributed by atoms with van der Waals surface area (Å²) in [6.45, 7) is 5.53. The second kappa shape index (κ2) is 11.0. The number of carbonyl (C=O) groups is 1. The maximum absolute atomic E-state index is 12.0. The number of phenolic OH excluding ortho intramolecular Hbond substituents is 1. The van der Waals surface area contributed by atoms with Crippen LogP contribution in [0.4, 0.5) is 0 Å². The van der Waals surface area contributed by atoms with Gasteiger partial charge in [-0.1, -0.05) is 66.7 Å². The van der Waals surface area contributed by atoms with Gasteiger partial charge in [0, 0.05) is 12.0 Å². The van der Waals surface area contributed by atoms with Crippen molar-refractivity contribution in [1.82, 2.24) is 0 Å². The summed E-state index contributed by atoms with van der Waals surface area (Å²) in [6.07, 6.45) is 3.89. The van der Waals surface area contributed by atoms with E-state index in [1.807, 2.05) is 75.4 Å². The monoisotopic (exact) mass is 460 g/mol. The Morgan fingerprint density at radius 3 is 2.00 bits per heavy atom. The zero-order valence-electron chi connectivity index (χ0n) is 19.2. The zero-order valence-corrected chi connectivity index (χ0v) is 20.0. The van der Waals surface area contributed by atoms with Crippen molar-refractivity contribution in [1.29, 1.82) is 0 Å². The SMILES string of the molecule is CC(C)(C)OC(=O)/C=C/c1ccc(/C(=C(/CCCl)c2ccccc2)c2ccc(O)cc2)cc1. The normalized spacial score (nSPS) is 12.5. The van der Waals surface area contributed by atoms with Crippen molar-refractivity contribution in [2.24, 2.45) is 0 Å². The van der Waals surface area contributed by atoms with E-state index in [1.54, 1.807) is 18.2 Å². The maximum atomic E-state index is 12.0. The number of phenols is 1. The van der Waals surface area contributed by atoms with Crippen molar-refractivity contribution < 1.29 is 14.6 Å². The lowest BCUT2D eigenvalue weighted by atomic mass is 9.88. The molecule has 0 saturated carbocycles. The molecule has 0 atom stereocenters. The number of aromatic hydroxyl groups is 1. The Bertz CT molecular complexity index is 1120. The smallest absolute Gasteiger partial charge is 0.331 e. The van der Waals surface area contributed by atoms with E-state index in [-0.39, 0.29) is 11.7 Å². The molecule has 0 aliphatic rings. The Kier molecular flexibility index (Phi) is 8.13. The van der Waals surface area contributed by atoms with Gasteiger partial charge < -0.3 is 9.84 Å². The molecule has 3 aromatic rings. The van der Waals surface area contributed by atoms with Crippen LogP contribution >= 0.6 is 11.6 Å². The minimum absolute atomic E-state index is 0.222. The van der Waals surface area contributed by atoms with Crippen LogP contribution in [0.5, 0.6) is 5.75 Å². The van der Waals surface area contributed by atoms with E-state index in [2.05, 4.69) is 12.1 Å². The van der Waals surface area contributed by atoms with Crippen LogP contribution in [-0.4, -0.2) is 22.6 Å². The fraction of sp³-hybridized carbons (Fsp3) is 0.207. The third-order valence-electron chi connectivity index (χ3n) is 4.94. The highest BCUT2D eigenvalue weighted by Crippen LogP contribution is 2.35. The van der Waals surface area contributed by atoms with Gasteiger partial charge in [0.2, 0.25) is 0 Å². The van der Waals surface area contributed by atoms with Crippen LogP contribution in [0.15, 0.2) is 84.9 Å². The maximum Gasteiger partial charge on any atom is 0.331 e. The lowest BCUT2D eigenvalue weighted by Crippen LogP contribution is -2.22. The molecule has 3 nitrogen and oxygen atoms in total. The first-order chi connectivity index (χ1) is 15.8. The molecule has 0 spiro atoms. The first-order valence-electron chi connectivity index (χ1n) is 10.9. The zero-order chi connectivity index (χ0) is 23.8. The van der Waals surface area contributed by atoms with Gasteiger partial charge in [0.1, 0.15) is 11.4 Å². The molecular weight excluding hydrogens is 432 g/mol. The summed E-state index contributed by atoms with van der Waals surface area (Å²) in [6, 6.07) is 25.4. The average Bonchev–Trinajstić information content (AvgIpc) is 2.79. The third kappa shape index (κ3) is 7.10. The second-order valence-electron chi connectivity index (χ2n) is 8.69. The van der Waals surface area contributed by atoms with Crippen LogP contribution in [0.2, 0.25) is 0 Å². The fourth-order valence-electron chi connectivity index (χ4n) is 3.55. The molecule has 33 heavy (non-hydrogen) atoms. The summed E-state index contributed by atoms with van der Waals surface area (Å²) >= 11 is 6.21. The molecule has 0 fully saturated rings. The minimum atomic E-state index is -0.522. The molecule has 0 aromatic heterocycles. The van der Waals surface area contributed by atoms with Crippen LogP contribution in [0.1, 0.15) is 49.4 Å². The molecule has 3 rings (SSSR count). The summed E-state index contributed by atoms with van der Waals surface area (Å²) in [4.78, 5) is 12.0. The van der Waals surface area contributed by atoms with E-state index in [4.69, 9.17) is 16.3 Å². The summed E-state index contributed by atoms with van der Waals surface area (Å²) in [5, 5.41) is 9.80. The molecule has 3 aromatic carbocycles. The van der Waals surface area contributed by atoms with E-state index in [0.29, 0.717) is 12.3 Å². The quantitative estimate of drug-likeness (QED) is 0.174. The lowest BCUT2D eigenvalue weighted by molar-refractivity contribution is -0.148. The van der Waals surface area contributed by atoms with E-state index < -0.39 is 5.60 Å². The van der Waals surface area contributed by atoms with Gasteiger partial charge >= 0.3 is 5.97 Å². The molecule has 0 aliphatic carbocycles. The molecular formula is C29H29ClO3. The topological polar surface area (TPSA) is 46.5 Å². The van der Waals surface area contributed by atoms with Crippen LogP contribution in [-0.2, 0) is 9.53 Å². The molecule has 170 valence electrons. The predicted molar refractivity (Wildman–Crippen MR) is 137 cm³/mol. The van der Waals surface area contributed by atoms with E-state index in [0.717, 1.165) is 33.4 Å². The van der Waals surface area contributed by atoms with Crippen molar-refractivity contribution in [2.45, 2.75) is 32.8 Å². The molecule has 0 amide bonds. The first-order valence-corrected chi connectivity index (χ1v) is 11.5. The summed E-state index contributed by atoms with van der Waals surface area (Å²) < 4.78 is 5.33. The Hall–Kier alpha value is -3.30. The van der Waals surface area contributed by atoms with Crippen molar-refractivity contribution in [3.05, 3.63) is 107 Å². The highest BCUT2D eigenvalue weighted by molar-refractivity contribution is 6.18. The second-order valence-corrected chi connectivity index (χ2v) is 9.07. The average molecular weight is 461 g/mol. The largest absolute Gasteiger partial charge is 0.508 e. The Balaban J connectivity index is 2.03. The third-order valence-corrected chi connectivity index (χ3v) is 5.13. The Labute approximate surface area is 201 Å². The number of halogens is 1. The molecule has 0 aliphatic heterocycles. The number of hydrogen-bond acceptors (Lipinski definition) is 3. The Morgan fingerprint density at radius 1 is 0.879 bits per heavy atom. The van der Waals surface area contributed by atoms with Crippen LogP contribution in [0.25, 0.3) is 17.2 Å². The molecule has 0 bridgehead atoms. The van der Waals surface area contributed by atoms with Crippen LogP contribution in [0, 0.1) is 0 Å². The lowest BCUT2D eigenvalue weighted by Gasteiger charge is -2.18. The van der Waals surface area contributed by atoms with Crippen molar-refractivity contribution in [3.8, 4) is 5.75 Å². The van der Waals surface area contributed by atoms with Crippen LogP contribution < -0.4 is 0 Å². The number of esters is 1. The highest BCUT2D eigenvalue weighted by atomic mass is 35.5. The molecule has 1 N–H and O–H groups in total. The van der Waals surface area contributed by atoms with Gasteiger partial charge in [-0.25, -0.2) is 4.79 Å².